The Morgan fingerprint density at radius 3 is 2.65 bits per heavy atom. The van der Waals surface area contributed by atoms with E-state index in [0.717, 1.165) is 46.6 Å². The number of thiazole rings is 1. The van der Waals surface area contributed by atoms with Crippen LogP contribution in [0.1, 0.15) is 45.5 Å². The molecule has 1 N–H and O–H groups in total. The van der Waals surface area contributed by atoms with Crippen LogP contribution < -0.4 is 5.32 Å². The molecule has 0 bridgehead atoms. The molecule has 0 atom stereocenters. The molecule has 1 amide bonds. The van der Waals surface area contributed by atoms with E-state index < -0.39 is 0 Å². The fraction of sp³-hybridized carbons (Fsp3) is 0.368. The van der Waals surface area contributed by atoms with Gasteiger partial charge in [-0.25, -0.2) is 4.98 Å². The Morgan fingerprint density at radius 2 is 1.92 bits per heavy atom. The van der Waals surface area contributed by atoms with E-state index in [0.29, 0.717) is 4.88 Å². The van der Waals surface area contributed by atoms with Crippen molar-refractivity contribution >= 4 is 22.9 Å². The molecule has 3 aromatic rings. The molecule has 0 saturated heterocycles. The number of carbonyl (C=O) groups is 1. The van der Waals surface area contributed by atoms with Crippen molar-refractivity contribution in [1.82, 2.24) is 19.7 Å². The first kappa shape index (κ1) is 16.9. The minimum atomic E-state index is -0.114. The minimum absolute atomic E-state index is 0.114. The Balaban J connectivity index is 1.53. The molecule has 0 radical (unpaired) electrons. The van der Waals surface area contributed by atoms with E-state index in [4.69, 9.17) is 0 Å². The van der Waals surface area contributed by atoms with E-state index in [1.165, 1.54) is 30.6 Å². The van der Waals surface area contributed by atoms with Gasteiger partial charge in [-0.05, 0) is 51.0 Å². The molecule has 0 unspecified atom stereocenters. The van der Waals surface area contributed by atoms with E-state index in [2.05, 4.69) is 25.1 Å². The normalized spacial score (nSPS) is 13.9. The second kappa shape index (κ2) is 6.99. The summed E-state index contributed by atoms with van der Waals surface area (Å²) in [5, 5.41) is 12.6. The molecular weight excluding hydrogens is 346 g/mol. The van der Waals surface area contributed by atoms with Crippen LogP contribution in [0.25, 0.3) is 11.4 Å². The summed E-state index contributed by atoms with van der Waals surface area (Å²) in [5.74, 6) is 1.87. The molecule has 26 heavy (non-hydrogen) atoms. The first-order chi connectivity index (χ1) is 12.6. The lowest BCUT2D eigenvalue weighted by molar-refractivity contribution is 0.103. The van der Waals surface area contributed by atoms with E-state index in [1.54, 1.807) is 0 Å². The highest BCUT2D eigenvalue weighted by Gasteiger charge is 2.17. The van der Waals surface area contributed by atoms with Crippen molar-refractivity contribution < 1.29 is 4.79 Å². The predicted molar refractivity (Wildman–Crippen MR) is 103 cm³/mol. The van der Waals surface area contributed by atoms with Gasteiger partial charge in [0.05, 0.1) is 10.7 Å². The molecule has 1 aliphatic rings. The molecule has 134 valence electrons. The van der Waals surface area contributed by atoms with Gasteiger partial charge in [-0.15, -0.1) is 21.5 Å². The third kappa shape index (κ3) is 3.26. The van der Waals surface area contributed by atoms with Gasteiger partial charge < -0.3 is 9.88 Å². The lowest BCUT2D eigenvalue weighted by atomic mass is 10.2. The Bertz CT molecular complexity index is 941. The Hall–Kier alpha value is -2.54. The summed E-state index contributed by atoms with van der Waals surface area (Å²) in [5.41, 5.74) is 2.56. The summed E-state index contributed by atoms with van der Waals surface area (Å²) in [7, 11) is 0. The molecule has 2 aromatic heterocycles. The van der Waals surface area contributed by atoms with Crippen molar-refractivity contribution in [3.05, 3.63) is 45.7 Å². The van der Waals surface area contributed by atoms with Crippen molar-refractivity contribution in [2.24, 2.45) is 0 Å². The molecule has 0 spiro atoms. The van der Waals surface area contributed by atoms with Crippen LogP contribution in [0, 0.1) is 13.8 Å². The van der Waals surface area contributed by atoms with Gasteiger partial charge in [0, 0.05) is 24.2 Å². The topological polar surface area (TPSA) is 72.7 Å². The average molecular weight is 367 g/mol. The van der Waals surface area contributed by atoms with Gasteiger partial charge in [-0.2, -0.15) is 0 Å². The molecule has 4 rings (SSSR count). The number of aromatic nitrogens is 4. The summed E-state index contributed by atoms with van der Waals surface area (Å²) < 4.78 is 2.23. The van der Waals surface area contributed by atoms with Crippen LogP contribution in [0.4, 0.5) is 5.69 Å². The first-order valence-corrected chi connectivity index (χ1v) is 9.71. The zero-order valence-electron chi connectivity index (χ0n) is 15.0. The zero-order valence-corrected chi connectivity index (χ0v) is 15.8. The van der Waals surface area contributed by atoms with Crippen LogP contribution in [-0.2, 0) is 13.0 Å². The zero-order chi connectivity index (χ0) is 18.1. The minimum Gasteiger partial charge on any atom is -0.321 e. The predicted octanol–water partition coefficient (Wildman–Crippen LogP) is 4.00. The number of amides is 1. The Morgan fingerprint density at radius 1 is 1.12 bits per heavy atom. The Labute approximate surface area is 156 Å². The third-order valence-electron chi connectivity index (χ3n) is 4.62. The number of fused-ring (bicyclic) bond motifs is 1. The smallest absolute Gasteiger partial charge is 0.267 e. The molecule has 7 heteroatoms. The Kier molecular flexibility index (Phi) is 4.55. The van der Waals surface area contributed by atoms with Crippen molar-refractivity contribution in [2.75, 3.05) is 5.32 Å². The summed E-state index contributed by atoms with van der Waals surface area (Å²) in [6.45, 7) is 4.74. The van der Waals surface area contributed by atoms with E-state index in [-0.39, 0.29) is 5.91 Å². The van der Waals surface area contributed by atoms with Gasteiger partial charge in [-0.3, -0.25) is 4.79 Å². The van der Waals surface area contributed by atoms with Crippen LogP contribution in [0.5, 0.6) is 0 Å². The number of hydrogen-bond acceptors (Lipinski definition) is 5. The van der Waals surface area contributed by atoms with Crippen LogP contribution in [0.3, 0.4) is 0 Å². The van der Waals surface area contributed by atoms with Crippen LogP contribution >= 0.6 is 11.3 Å². The van der Waals surface area contributed by atoms with Crippen LogP contribution in [-0.4, -0.2) is 25.7 Å². The fourth-order valence-corrected chi connectivity index (χ4v) is 4.15. The van der Waals surface area contributed by atoms with Gasteiger partial charge in [0.15, 0.2) is 5.82 Å². The molecule has 1 aliphatic heterocycles. The van der Waals surface area contributed by atoms with Crippen LogP contribution in [0.15, 0.2) is 24.3 Å². The quantitative estimate of drug-likeness (QED) is 0.759. The molecule has 1 aromatic carbocycles. The van der Waals surface area contributed by atoms with Gasteiger partial charge in [-0.1, -0.05) is 6.42 Å². The van der Waals surface area contributed by atoms with Crippen molar-refractivity contribution in [1.29, 1.82) is 0 Å². The third-order valence-corrected chi connectivity index (χ3v) is 5.69. The molecule has 0 saturated carbocycles. The highest BCUT2D eigenvalue weighted by molar-refractivity contribution is 7.13. The maximum atomic E-state index is 12.4. The second-order valence-electron chi connectivity index (χ2n) is 6.58. The molecule has 6 nitrogen and oxygen atoms in total. The summed E-state index contributed by atoms with van der Waals surface area (Å²) in [4.78, 5) is 17.4. The summed E-state index contributed by atoms with van der Waals surface area (Å²) in [6.07, 6.45) is 4.58. The van der Waals surface area contributed by atoms with Gasteiger partial charge in [0.1, 0.15) is 10.7 Å². The van der Waals surface area contributed by atoms with E-state index in [1.807, 2.05) is 38.1 Å². The standard InChI is InChI=1S/C19H21N5OS/c1-12-17(26-13(2)20-12)19(25)21-15-9-7-14(8-10-15)18-23-22-16-6-4-3-5-11-24(16)18/h7-10H,3-6,11H2,1-2H3,(H,21,25). The average Bonchev–Trinajstić information content (AvgIpc) is 3.09. The number of benzene rings is 1. The second-order valence-corrected chi connectivity index (χ2v) is 7.78. The molecule has 3 heterocycles. The van der Waals surface area contributed by atoms with Gasteiger partial charge in [0.25, 0.3) is 5.91 Å². The maximum absolute atomic E-state index is 12.4. The lowest BCUT2D eigenvalue weighted by Gasteiger charge is -2.08. The number of aryl methyl sites for hydroxylation is 3. The highest BCUT2D eigenvalue weighted by atomic mass is 32.1. The van der Waals surface area contributed by atoms with E-state index in [9.17, 15) is 4.79 Å². The molecule has 0 fully saturated rings. The van der Waals surface area contributed by atoms with Gasteiger partial charge >= 0.3 is 0 Å². The molecule has 0 aliphatic carbocycles. The van der Waals surface area contributed by atoms with Crippen molar-refractivity contribution in [3.63, 3.8) is 0 Å². The largest absolute Gasteiger partial charge is 0.321 e. The van der Waals surface area contributed by atoms with Crippen LogP contribution in [0.2, 0.25) is 0 Å². The number of anilines is 1. The van der Waals surface area contributed by atoms with E-state index >= 15 is 0 Å². The number of hydrogen-bond donors (Lipinski definition) is 1. The van der Waals surface area contributed by atoms with Crippen molar-refractivity contribution in [2.45, 2.75) is 46.1 Å². The fourth-order valence-electron chi connectivity index (χ4n) is 3.33. The number of rotatable bonds is 3. The molecular formula is C19H21N5OS. The summed E-state index contributed by atoms with van der Waals surface area (Å²) >= 11 is 1.42. The first-order valence-electron chi connectivity index (χ1n) is 8.90. The highest BCUT2D eigenvalue weighted by Crippen LogP contribution is 2.25. The maximum Gasteiger partial charge on any atom is 0.267 e. The number of carbonyl (C=O) groups excluding carboxylic acids is 1. The number of nitrogens with zero attached hydrogens (tertiary/aromatic N) is 4. The van der Waals surface area contributed by atoms with Gasteiger partial charge in [0.2, 0.25) is 0 Å². The SMILES string of the molecule is Cc1nc(C)c(C(=O)Nc2ccc(-c3nnc4n3CCCCC4)cc2)s1. The van der Waals surface area contributed by atoms with Crippen molar-refractivity contribution in [3.8, 4) is 11.4 Å². The lowest BCUT2D eigenvalue weighted by Crippen LogP contribution is -2.11. The summed E-state index contributed by atoms with van der Waals surface area (Å²) in [6, 6.07) is 7.80. The monoisotopic (exact) mass is 367 g/mol. The number of nitrogens with one attached hydrogen (secondary N) is 1.